The molecule has 508 valence electrons. The molecule has 2 aliphatic rings. The van der Waals surface area contributed by atoms with Crippen molar-refractivity contribution < 1.29 is 88.6 Å². The molecule has 0 spiro atoms. The normalized spacial score (nSPS) is 21.8. The highest BCUT2D eigenvalue weighted by atomic mass is 32.2. The van der Waals surface area contributed by atoms with Gasteiger partial charge in [0.1, 0.15) is 24.6 Å². The van der Waals surface area contributed by atoms with Gasteiger partial charge in [0.15, 0.2) is 10.3 Å². The predicted octanol–water partition coefficient (Wildman–Crippen LogP) is 15.0. The van der Waals surface area contributed by atoms with Gasteiger partial charge in [-0.2, -0.15) is 36.3 Å². The highest BCUT2D eigenvalue weighted by Crippen LogP contribution is 2.35. The summed E-state index contributed by atoms with van der Waals surface area (Å²) in [4.78, 5) is 65.7. The molecule has 2 heterocycles. The van der Waals surface area contributed by atoms with Crippen molar-refractivity contribution in [2.45, 2.75) is 134 Å². The van der Waals surface area contributed by atoms with Crippen LogP contribution in [0.3, 0.4) is 0 Å². The van der Waals surface area contributed by atoms with Crippen LogP contribution in [0.15, 0.2) is 159 Å². The molecule has 1 atom stereocenters. The summed E-state index contributed by atoms with van der Waals surface area (Å²) in [5.41, 5.74) is -18.7. The van der Waals surface area contributed by atoms with Gasteiger partial charge >= 0.3 is 12.4 Å². The largest absolute Gasteiger partial charge is 0.416 e. The molecule has 6 aromatic carbocycles. The Morgan fingerprint density at radius 3 is 1.53 bits per heavy atom. The number of thioether (sulfide) groups is 2. The minimum absolute atomic E-state index is 0.00809. The zero-order chi connectivity index (χ0) is 97.4. The molecule has 10 rings (SSSR count). The van der Waals surface area contributed by atoms with Crippen molar-refractivity contribution >= 4 is 35.3 Å². The number of amides is 2. The number of nitrogens with zero attached hydrogens (tertiary/aromatic N) is 8. The molecule has 96 heavy (non-hydrogen) atoms. The average molecular weight is 1390 g/mol. The number of rotatable bonds is 26. The van der Waals surface area contributed by atoms with Crippen LogP contribution in [0.1, 0.15) is 146 Å². The molecule has 2 amide bonds. The van der Waals surface area contributed by atoms with E-state index < -0.39 is 242 Å². The third-order valence-electron chi connectivity index (χ3n) is 14.0. The summed E-state index contributed by atoms with van der Waals surface area (Å²) >= 11 is -0.0369. The van der Waals surface area contributed by atoms with Crippen LogP contribution in [0.2, 0.25) is 0 Å². The smallest absolute Gasteiger partial charge is 0.336 e. The van der Waals surface area contributed by atoms with Crippen molar-refractivity contribution in [3.8, 4) is 22.3 Å². The summed E-state index contributed by atoms with van der Waals surface area (Å²) in [7, 11) is 0. The molecule has 12 nitrogen and oxygen atoms in total. The van der Waals surface area contributed by atoms with E-state index in [1.807, 2.05) is 0 Å². The van der Waals surface area contributed by atoms with Gasteiger partial charge in [0, 0.05) is 90.7 Å². The van der Waals surface area contributed by atoms with Crippen LogP contribution >= 0.6 is 23.5 Å². The maximum atomic E-state index is 15.2. The maximum absolute atomic E-state index is 15.2. The van der Waals surface area contributed by atoms with Crippen LogP contribution in [0.4, 0.5) is 35.1 Å². The Morgan fingerprint density at radius 2 is 1.03 bits per heavy atom. The SMILES string of the molecule is [2H]C([2H])(Sc1nc(=O)c2c(n1C([2H])([2H])C(=O)N(C([2H])([2H])c1ccc(-c3ccc(C(F)(F)F)cc3)cc1)C([2H])([2H])C([2H])([2H])N(CC)CC)C([2H])([2H])C([2H])(C)C2([2H])[2H])c1ccc(F)cc1.[2H]c1c([2H])c(C(F)(F)F)c([2H])c([2H])c1-c1c([2H])c([2H])c(C([2H])([2H])N(C(=O)C([2H])([2H])n2c(SC([2H])([2H])c3ccc(F)cc3)nc(=O)c3c2CCC3)C([2H])([2H])C([2H])([2H])N(CC)CC)c(C)c1[2H]. The first-order valence-corrected chi connectivity index (χ1v) is 30.9. The third-order valence-corrected chi connectivity index (χ3v) is 15.6. The molecule has 0 N–H and O–H groups in total. The number of alkyl halides is 6. The second-order valence-corrected chi connectivity index (χ2v) is 22.1. The lowest BCUT2D eigenvalue weighted by Gasteiger charge is -2.28. The van der Waals surface area contributed by atoms with Crippen LogP contribution in [0.5, 0.6) is 0 Å². The molecule has 1 unspecified atom stereocenters. The van der Waals surface area contributed by atoms with E-state index in [0.29, 0.717) is 4.57 Å². The lowest BCUT2D eigenvalue weighted by atomic mass is 9.98. The standard InChI is InChI=1S/2C37H40F4N4O2S/c1-4-43(5-2)18-19-44(22-26-6-10-28(11-7-26)29-12-14-30(15-13-29)37(39,40)41)34(46)23-45-33-21-25(3)20-32(33)35(47)42-36(45)48-24-27-8-16-31(38)17-9-27;1-4-43(5-2)19-20-44(22-29-12-11-28(21-25(29)3)27-13-15-30(16-14-27)37(39,40)41)34(46)23-45-33-8-6-7-32(33)35(47)42-36(45)48-24-26-9-17-31(38)18-10-26/h6-17,25H,4-5,18-24H2,1-3H3;9-18,21H,4-8,19-20,22-24H2,1-3H3/i18D2,19D2,20D2,21D2,22D2,23D2,24D2,25D;11D,12D,13D,14D,15D,16D,19D2,20D2,21D,22D2,23D2,24D2. The summed E-state index contributed by atoms with van der Waals surface area (Å²) in [6, 6.07) is 6.05. The number of carbonyl (C=O) groups is 2. The van der Waals surface area contributed by atoms with Gasteiger partial charge in [0.2, 0.25) is 11.8 Å². The fraction of sp³-hybridized carbons (Fsp3) is 0.378. The molecular weight excluding hydrogens is 1280 g/mol. The first kappa shape index (κ1) is 40.7. The number of carbonyl (C=O) groups excluding carboxylic acids is 2. The topological polar surface area (TPSA) is 117 Å². The minimum atomic E-state index is -5.39. The number of halogens is 8. The molecule has 2 aliphatic carbocycles. The fourth-order valence-corrected chi connectivity index (χ4v) is 10.4. The first-order chi connectivity index (χ1) is 58.2. The lowest BCUT2D eigenvalue weighted by molar-refractivity contribution is -0.138. The number of aromatic nitrogens is 4. The quantitative estimate of drug-likeness (QED) is 0.0295. The Balaban J connectivity index is 0.000000289. The Hall–Kier alpha value is -7.92. The van der Waals surface area contributed by atoms with Crippen LogP contribution < -0.4 is 11.1 Å². The molecule has 0 aliphatic heterocycles. The van der Waals surface area contributed by atoms with Gasteiger partial charge in [0.25, 0.3) is 11.1 Å². The van der Waals surface area contributed by atoms with E-state index in [2.05, 4.69) is 9.97 Å². The molecule has 2 aromatic heterocycles. The van der Waals surface area contributed by atoms with Gasteiger partial charge < -0.3 is 28.7 Å². The van der Waals surface area contributed by atoms with Gasteiger partial charge in [-0.3, -0.25) is 19.2 Å². The summed E-state index contributed by atoms with van der Waals surface area (Å²) in [6.45, 7) is -24.2. The number of benzene rings is 6. The third kappa shape index (κ3) is 19.0. The molecule has 0 bridgehead atoms. The molecule has 22 heteroatoms. The van der Waals surface area contributed by atoms with Crippen molar-refractivity contribution in [2.24, 2.45) is 5.89 Å². The molecular formula is C74H80F8N8O4S2. The summed E-state index contributed by atoms with van der Waals surface area (Å²) in [5, 5.41) is -2.01. The predicted molar refractivity (Wildman–Crippen MR) is 362 cm³/mol. The highest BCUT2D eigenvalue weighted by Gasteiger charge is 2.33. The van der Waals surface area contributed by atoms with E-state index in [1.165, 1.54) is 39.8 Å². The highest BCUT2D eigenvalue weighted by molar-refractivity contribution is 7.98. The van der Waals surface area contributed by atoms with E-state index in [1.54, 1.807) is 0 Å². The molecule has 0 radical (unpaired) electrons. The van der Waals surface area contributed by atoms with Crippen molar-refractivity contribution in [1.29, 1.82) is 0 Å². The molecule has 0 saturated heterocycles. The van der Waals surface area contributed by atoms with Crippen molar-refractivity contribution in [3.63, 3.8) is 0 Å². The van der Waals surface area contributed by atoms with Gasteiger partial charge in [-0.15, -0.1) is 0 Å². The number of hydrogen-bond acceptors (Lipinski definition) is 10. The summed E-state index contributed by atoms with van der Waals surface area (Å²) in [5.74, 6) is -9.08. The average Bonchev–Trinajstić information content (AvgIpc) is 1.52. The second kappa shape index (κ2) is 32.9. The maximum Gasteiger partial charge on any atom is 0.416 e. The zero-order valence-electron chi connectivity index (χ0n) is 83.7. The minimum Gasteiger partial charge on any atom is -0.336 e. The van der Waals surface area contributed by atoms with Crippen LogP contribution in [0.25, 0.3) is 22.3 Å². The van der Waals surface area contributed by atoms with Gasteiger partial charge in [-0.1, -0.05) is 149 Å². The van der Waals surface area contributed by atoms with Gasteiger partial charge in [-0.05, 0) is 170 Å². The van der Waals surface area contributed by atoms with Crippen LogP contribution in [0, 0.1) is 24.5 Å². The van der Waals surface area contributed by atoms with E-state index in [0.717, 1.165) is 109 Å². The number of hydrogen-bond donors (Lipinski definition) is 0. The van der Waals surface area contributed by atoms with Crippen LogP contribution in [-0.2, 0) is 84.9 Å². The zero-order valence-corrected chi connectivity index (χ0v) is 53.4. The van der Waals surface area contributed by atoms with Crippen molar-refractivity contribution in [3.05, 3.63) is 233 Å². The Morgan fingerprint density at radius 1 is 0.573 bits per heavy atom. The van der Waals surface area contributed by atoms with Gasteiger partial charge in [0.05, 0.1) is 37.2 Å². The van der Waals surface area contributed by atoms with Gasteiger partial charge in [-0.25, -0.2) is 8.78 Å². The van der Waals surface area contributed by atoms with Crippen molar-refractivity contribution in [2.75, 3.05) is 52.2 Å². The van der Waals surface area contributed by atoms with Crippen molar-refractivity contribution in [1.82, 2.24) is 38.7 Å². The lowest BCUT2D eigenvalue weighted by Crippen LogP contribution is -2.40. The monoisotopic (exact) mass is 1390 g/mol. The van der Waals surface area contributed by atoms with Crippen LogP contribution in [-0.4, -0.2) is 103 Å². The van der Waals surface area contributed by atoms with E-state index in [9.17, 15) is 61.2 Å². The Labute approximate surface area is 608 Å². The van der Waals surface area contributed by atoms with E-state index >= 15 is 9.59 Å². The summed E-state index contributed by atoms with van der Waals surface area (Å²) in [6.07, 6.45) is -16.8. The first-order valence-electron chi connectivity index (χ1n) is 45.3. The number of fused-ring (bicyclic) bond motifs is 2. The molecule has 0 fully saturated rings. The molecule has 8 aromatic rings. The number of likely N-dealkylation sites (N-methyl/N-ethyl adjacent to an activating group) is 2. The summed E-state index contributed by atoms with van der Waals surface area (Å²) < 4.78 is 396. The second-order valence-electron chi connectivity index (χ2n) is 20.5. The fourth-order valence-electron chi connectivity index (χ4n) is 8.96. The van der Waals surface area contributed by atoms with E-state index in [4.69, 9.17) is 27.4 Å². The Bertz CT molecular complexity index is 5690. The molecule has 0 saturated carbocycles. The Kier molecular flexibility index (Phi) is 13.9. The van der Waals surface area contributed by atoms with E-state index in [-0.39, 0.29) is 107 Å².